The van der Waals surface area contributed by atoms with Crippen molar-refractivity contribution in [1.29, 1.82) is 0 Å². The Morgan fingerprint density at radius 1 is 1.40 bits per heavy atom. The number of Topliss-reactive ketones (excluding diaryl/α,β-unsaturated/α-hetero) is 1. The van der Waals surface area contributed by atoms with Gasteiger partial charge >= 0.3 is 31.1 Å². The monoisotopic (exact) mass is 573 g/mol. The molecule has 3 nitrogen and oxygen atoms in total. The van der Waals surface area contributed by atoms with Crippen LogP contribution in [0.15, 0.2) is 24.8 Å². The molecule has 0 aromatic heterocycles. The van der Waals surface area contributed by atoms with Crippen LogP contribution in [-0.2, 0) is 0 Å². The van der Waals surface area contributed by atoms with Crippen LogP contribution in [0.5, 0.6) is 0 Å². The minimum Gasteiger partial charge on any atom is -0.400 e. The molecule has 0 aliphatic rings. The van der Waals surface area contributed by atoms with Gasteiger partial charge in [0.15, 0.2) is 0 Å². The third kappa shape index (κ3) is 15.6. The number of ketones is 1. The summed E-state index contributed by atoms with van der Waals surface area (Å²) in [5, 5.41) is 7.00. The number of benzene rings is 1. The smallest absolute Gasteiger partial charge is 0.400 e. The maximum absolute atomic E-state index is 11.0. The zero-order chi connectivity index (χ0) is 18.6. The van der Waals surface area contributed by atoms with E-state index in [9.17, 15) is 4.79 Å². The van der Waals surface area contributed by atoms with E-state index < -0.39 is 0 Å². The Bertz CT molecular complexity index is 485. The molecule has 0 amide bonds. The van der Waals surface area contributed by atoms with E-state index in [4.69, 9.17) is 10.8 Å². The van der Waals surface area contributed by atoms with Crippen LogP contribution in [0.2, 0.25) is 0 Å². The van der Waals surface area contributed by atoms with Gasteiger partial charge in [0.05, 0.1) is 0 Å². The summed E-state index contributed by atoms with van der Waals surface area (Å²) in [5.41, 5.74) is 8.97. The molecule has 0 fully saturated rings. The molecule has 3 N–H and O–H groups in total. The maximum Gasteiger partial charge on any atom is 2.00 e. The van der Waals surface area contributed by atoms with Crippen LogP contribution in [0.3, 0.4) is 0 Å². The maximum atomic E-state index is 11.0. The number of rotatable bonds is 5. The van der Waals surface area contributed by atoms with E-state index >= 15 is 0 Å². The zero-order valence-electron chi connectivity index (χ0n) is 17.4. The molecule has 142 valence electrons. The molecule has 0 radical (unpaired) electrons. The number of hydrogen-bond acceptors (Lipinski definition) is 3. The van der Waals surface area contributed by atoms with Gasteiger partial charge in [0, 0.05) is 13.2 Å². The van der Waals surface area contributed by atoms with Gasteiger partial charge in [-0.1, -0.05) is 52.7 Å². The summed E-state index contributed by atoms with van der Waals surface area (Å²) >= 11 is 0. The van der Waals surface area contributed by atoms with Crippen molar-refractivity contribution in [3.8, 4) is 0 Å². The largest absolute Gasteiger partial charge is 2.00 e. The molecule has 0 saturated carbocycles. The molecule has 0 aliphatic carbocycles. The standard InChI is InChI=1S/C10H11O.C9H19N.CH4O.CH3.U/c1-7-4-5-10(9(3)11)8(2)6-7;1-5-8(10)7-9(3,4)6-2;1-2;;/h5-6H,1-3H3;5,8H,1,6-7,10H2,2-4H3;2H,1H3;1H3;/q-1;;;-1;+2. The summed E-state index contributed by atoms with van der Waals surface area (Å²) in [6.07, 6.45) is 4.03. The van der Waals surface area contributed by atoms with Crippen LogP contribution in [0.1, 0.15) is 62.0 Å². The second-order valence-electron chi connectivity index (χ2n) is 6.39. The van der Waals surface area contributed by atoms with Crippen LogP contribution in [0.4, 0.5) is 0 Å². The Morgan fingerprint density at radius 3 is 2.20 bits per heavy atom. The minimum atomic E-state index is 0. The molecule has 1 rings (SSSR count). The summed E-state index contributed by atoms with van der Waals surface area (Å²) < 4.78 is 0. The summed E-state index contributed by atoms with van der Waals surface area (Å²) in [6, 6.07) is 6.89. The first-order valence-electron chi connectivity index (χ1n) is 7.95. The first-order valence-corrected chi connectivity index (χ1v) is 7.95. The SMILES string of the molecule is C=CC(N)CC(C)(C)CC.CC(=O)c1c[c-]c(C)cc1C.CO.[CH3-].[U+2]. The number of aryl methyl sites for hydroxylation is 2. The van der Waals surface area contributed by atoms with Crippen molar-refractivity contribution < 1.29 is 41.0 Å². The van der Waals surface area contributed by atoms with Crippen LogP contribution in [0.25, 0.3) is 0 Å². The molecular weight excluding hydrogens is 536 g/mol. The van der Waals surface area contributed by atoms with Gasteiger partial charge < -0.3 is 23.1 Å². The number of aliphatic hydroxyl groups is 1. The normalized spacial score (nSPS) is 10.4. The number of carbonyl (C=O) groups is 1. The van der Waals surface area contributed by atoms with E-state index in [1.807, 2.05) is 26.0 Å². The molecule has 0 saturated heterocycles. The van der Waals surface area contributed by atoms with Crippen molar-refractivity contribution in [1.82, 2.24) is 0 Å². The Kier molecular flexibility index (Phi) is 22.0. The first kappa shape index (κ1) is 32.3. The van der Waals surface area contributed by atoms with Gasteiger partial charge in [-0.25, -0.2) is 0 Å². The van der Waals surface area contributed by atoms with Crippen molar-refractivity contribution in [2.24, 2.45) is 11.1 Å². The number of aliphatic hydroxyl groups excluding tert-OH is 1. The quantitative estimate of drug-likeness (QED) is 0.305. The van der Waals surface area contributed by atoms with E-state index in [1.54, 1.807) is 13.0 Å². The second kappa shape index (κ2) is 17.0. The summed E-state index contributed by atoms with van der Waals surface area (Å²) in [5.74, 6) is 0.110. The number of hydrogen-bond donors (Lipinski definition) is 2. The second-order valence-corrected chi connectivity index (χ2v) is 6.39. The van der Waals surface area contributed by atoms with Gasteiger partial charge in [-0.2, -0.15) is 29.3 Å². The number of carbonyl (C=O) groups excluding carboxylic acids is 1. The molecule has 1 aromatic carbocycles. The molecule has 25 heavy (non-hydrogen) atoms. The van der Waals surface area contributed by atoms with Crippen molar-refractivity contribution in [2.75, 3.05) is 7.11 Å². The van der Waals surface area contributed by atoms with Crippen molar-refractivity contribution >= 4 is 5.78 Å². The summed E-state index contributed by atoms with van der Waals surface area (Å²) in [7, 11) is 1.00. The van der Waals surface area contributed by atoms with Gasteiger partial charge in [-0.15, -0.1) is 6.58 Å². The molecule has 0 heterocycles. The summed E-state index contributed by atoms with van der Waals surface area (Å²) in [4.78, 5) is 11.0. The van der Waals surface area contributed by atoms with Gasteiger partial charge in [-0.3, -0.25) is 0 Å². The molecule has 0 spiro atoms. The van der Waals surface area contributed by atoms with Crippen LogP contribution < -0.4 is 5.73 Å². The topological polar surface area (TPSA) is 63.3 Å². The van der Waals surface area contributed by atoms with E-state index in [0.717, 1.165) is 30.2 Å². The fourth-order valence-electron chi connectivity index (χ4n) is 1.99. The molecule has 1 atom stereocenters. The van der Waals surface area contributed by atoms with E-state index in [1.165, 1.54) is 6.42 Å². The Labute approximate surface area is 179 Å². The van der Waals surface area contributed by atoms with Gasteiger partial charge in [0.25, 0.3) is 0 Å². The fourth-order valence-corrected chi connectivity index (χ4v) is 1.99. The van der Waals surface area contributed by atoms with Crippen molar-refractivity contribution in [2.45, 2.75) is 60.4 Å². The van der Waals surface area contributed by atoms with Crippen molar-refractivity contribution in [3.63, 3.8) is 0 Å². The molecule has 0 aliphatic heterocycles. The average molecular weight is 574 g/mol. The Morgan fingerprint density at radius 2 is 1.88 bits per heavy atom. The zero-order valence-corrected chi connectivity index (χ0v) is 21.5. The molecular formula is C21H37NO2U. The number of nitrogens with two attached hydrogens (primary N) is 1. The molecule has 0 bridgehead atoms. The predicted molar refractivity (Wildman–Crippen MR) is 106 cm³/mol. The van der Waals surface area contributed by atoms with Gasteiger partial charge in [0.2, 0.25) is 0 Å². The van der Waals surface area contributed by atoms with Gasteiger partial charge in [-0.05, 0) is 18.8 Å². The summed E-state index contributed by atoms with van der Waals surface area (Å²) in [6.45, 7) is 15.8. The first-order chi connectivity index (χ1) is 10.6. The third-order valence-electron chi connectivity index (χ3n) is 3.73. The van der Waals surface area contributed by atoms with E-state index in [-0.39, 0.29) is 50.4 Å². The van der Waals surface area contributed by atoms with Crippen molar-refractivity contribution in [3.05, 3.63) is 55.0 Å². The van der Waals surface area contributed by atoms with E-state index in [2.05, 4.69) is 33.4 Å². The van der Waals surface area contributed by atoms with Crippen LogP contribution >= 0.6 is 0 Å². The minimum absolute atomic E-state index is 0. The Hall–Kier alpha value is -0.398. The molecule has 1 unspecified atom stereocenters. The van der Waals surface area contributed by atoms with Crippen LogP contribution in [-0.4, -0.2) is 24.0 Å². The van der Waals surface area contributed by atoms with Crippen LogP contribution in [0, 0.1) is 63.9 Å². The average Bonchev–Trinajstić information content (AvgIpc) is 2.49. The van der Waals surface area contributed by atoms with E-state index in [0.29, 0.717) is 5.41 Å². The Balaban J connectivity index is -0.000000150. The van der Waals surface area contributed by atoms with Gasteiger partial charge in [0.1, 0.15) is 5.78 Å². The third-order valence-corrected chi connectivity index (χ3v) is 3.73. The molecule has 4 heteroatoms. The fraction of sp³-hybridized carbons (Fsp3) is 0.524. The molecule has 1 aromatic rings. The predicted octanol–water partition coefficient (Wildman–Crippen LogP) is 4.69.